The zero-order valence-electron chi connectivity index (χ0n) is 19.0. The fourth-order valence-corrected chi connectivity index (χ4v) is 19.1. The van der Waals surface area contributed by atoms with E-state index in [1.165, 1.54) is 51.8 Å². The zero-order valence-corrected chi connectivity index (χ0v) is 21.8. The molecule has 2 nitrogen and oxygen atoms in total. The Morgan fingerprint density at radius 2 is 1.13 bits per heavy atom. The molecule has 0 fully saturated rings. The Bertz CT molecular complexity index is 794. The van der Waals surface area contributed by atoms with Crippen molar-refractivity contribution in [2.24, 2.45) is 0 Å². The predicted octanol–water partition coefficient (Wildman–Crippen LogP) is 8.06. The van der Waals surface area contributed by atoms with E-state index in [0.29, 0.717) is 0 Å². The molecule has 0 aliphatic rings. The first-order valence-corrected chi connectivity index (χ1v) is 19.3. The average Bonchev–Trinajstić information content (AvgIpc) is 3.26. The molecule has 0 saturated heterocycles. The number of rotatable bonds is 12. The van der Waals surface area contributed by atoms with Crippen LogP contribution in [0.25, 0.3) is 22.6 Å². The number of nitrogens with zero attached hydrogens (tertiary/aromatic N) is 1. The van der Waals surface area contributed by atoms with E-state index in [9.17, 15) is 0 Å². The molecule has 0 aliphatic heterocycles. The molecule has 3 aromatic rings. The van der Waals surface area contributed by atoms with Crippen LogP contribution in [0.3, 0.4) is 0 Å². The van der Waals surface area contributed by atoms with Crippen molar-refractivity contribution < 1.29 is 4.42 Å². The monoisotopic (exact) mass is 511 g/mol. The standard InChI is InChI=1S/C15H10NO.3C4H9.Sn/c1-3-7-12(8-4-1)14-15(17-11-16-14)13-9-5-2-6-10-13;3*1-3-4-2;/h1-10H;3*1,3-4H2,2H3;. The van der Waals surface area contributed by atoms with Crippen LogP contribution in [-0.2, 0) is 0 Å². The van der Waals surface area contributed by atoms with Gasteiger partial charge in [-0.2, -0.15) is 0 Å². The minimum absolute atomic E-state index is 0.961. The van der Waals surface area contributed by atoms with Gasteiger partial charge in [-0.25, -0.2) is 0 Å². The number of hydrogen-bond donors (Lipinski definition) is 0. The van der Waals surface area contributed by atoms with Crippen LogP contribution in [0, 0.1) is 0 Å². The third kappa shape index (κ3) is 5.57. The Hall–Kier alpha value is -1.55. The number of hydrogen-bond acceptors (Lipinski definition) is 2. The van der Waals surface area contributed by atoms with Crippen molar-refractivity contribution >= 4 is 22.3 Å². The van der Waals surface area contributed by atoms with Gasteiger partial charge in [-0.1, -0.05) is 0 Å². The maximum absolute atomic E-state index is 6.79. The normalized spacial score (nSPS) is 11.7. The molecule has 0 N–H and O–H groups in total. The Morgan fingerprint density at radius 1 is 0.667 bits per heavy atom. The van der Waals surface area contributed by atoms with Gasteiger partial charge in [-0.05, 0) is 0 Å². The topological polar surface area (TPSA) is 26.0 Å². The van der Waals surface area contributed by atoms with Crippen LogP contribution in [0.4, 0.5) is 0 Å². The van der Waals surface area contributed by atoms with Gasteiger partial charge < -0.3 is 0 Å². The van der Waals surface area contributed by atoms with Crippen LogP contribution in [0.5, 0.6) is 0 Å². The Morgan fingerprint density at radius 3 is 1.60 bits per heavy atom. The molecule has 0 bridgehead atoms. The maximum atomic E-state index is 6.79. The molecule has 2 aromatic carbocycles. The molecule has 0 atom stereocenters. The van der Waals surface area contributed by atoms with E-state index >= 15 is 0 Å². The summed E-state index contributed by atoms with van der Waals surface area (Å²) in [5.74, 6) is 0.961. The summed E-state index contributed by atoms with van der Waals surface area (Å²) in [7, 11) is 0. The molecule has 30 heavy (non-hydrogen) atoms. The molecule has 0 unspecified atom stereocenters. The Labute approximate surface area is 187 Å². The van der Waals surface area contributed by atoms with Gasteiger partial charge in [0.1, 0.15) is 0 Å². The van der Waals surface area contributed by atoms with Crippen molar-refractivity contribution in [2.45, 2.75) is 72.6 Å². The molecule has 3 heteroatoms. The van der Waals surface area contributed by atoms with Crippen molar-refractivity contribution in [3.8, 4) is 22.6 Å². The summed E-state index contributed by atoms with van der Waals surface area (Å²) in [6, 6.07) is 21.1. The first-order chi connectivity index (χ1) is 14.7. The molecule has 0 aliphatic carbocycles. The van der Waals surface area contributed by atoms with Crippen molar-refractivity contribution in [3.05, 3.63) is 60.7 Å². The molecule has 0 amide bonds. The summed E-state index contributed by atoms with van der Waals surface area (Å²) >= 11 is -2.73. The second kappa shape index (κ2) is 11.7. The summed E-state index contributed by atoms with van der Waals surface area (Å²) in [5.41, 5.74) is 3.33. The molecule has 3 rings (SSSR count). The second-order valence-electron chi connectivity index (χ2n) is 8.52. The van der Waals surface area contributed by atoms with Crippen molar-refractivity contribution in [2.75, 3.05) is 0 Å². The van der Waals surface area contributed by atoms with Gasteiger partial charge in [-0.3, -0.25) is 0 Å². The number of aromatic nitrogens is 1. The Balaban J connectivity index is 2.14. The first-order valence-electron chi connectivity index (χ1n) is 11.9. The van der Waals surface area contributed by atoms with Crippen LogP contribution in [0.2, 0.25) is 13.3 Å². The SMILES string of the molecule is CCC[CH2][Sn]([CH2]CCC)([CH2]CCC)[c]1nc(-c2ccccc2)c(-c2ccccc2)o1. The summed E-state index contributed by atoms with van der Waals surface area (Å²) in [4.78, 5) is 5.31. The van der Waals surface area contributed by atoms with Crippen LogP contribution in [-0.4, -0.2) is 23.4 Å². The van der Waals surface area contributed by atoms with Gasteiger partial charge in [0.15, 0.2) is 0 Å². The fraction of sp³-hybridized carbons (Fsp3) is 0.444. The van der Waals surface area contributed by atoms with Crippen LogP contribution >= 0.6 is 0 Å². The van der Waals surface area contributed by atoms with Crippen molar-refractivity contribution in [3.63, 3.8) is 0 Å². The predicted molar refractivity (Wildman–Crippen MR) is 132 cm³/mol. The van der Waals surface area contributed by atoms with Gasteiger partial charge in [0, 0.05) is 0 Å². The molecule has 1 aromatic heterocycles. The second-order valence-corrected chi connectivity index (χ2v) is 21.3. The van der Waals surface area contributed by atoms with Gasteiger partial charge >= 0.3 is 188 Å². The first kappa shape index (κ1) is 23.1. The van der Waals surface area contributed by atoms with Crippen molar-refractivity contribution in [1.82, 2.24) is 4.98 Å². The fourth-order valence-electron chi connectivity index (χ4n) is 4.37. The van der Waals surface area contributed by atoms with Gasteiger partial charge in [0.2, 0.25) is 0 Å². The van der Waals surface area contributed by atoms with Crippen LogP contribution in [0.1, 0.15) is 59.3 Å². The van der Waals surface area contributed by atoms with E-state index in [1.54, 1.807) is 0 Å². The third-order valence-corrected chi connectivity index (χ3v) is 20.6. The molecular formula is C27H37NOSn. The average molecular weight is 510 g/mol. The van der Waals surface area contributed by atoms with E-state index in [-0.39, 0.29) is 0 Å². The minimum atomic E-state index is -2.73. The van der Waals surface area contributed by atoms with Crippen LogP contribution in [0.15, 0.2) is 65.1 Å². The number of oxazole rings is 1. The van der Waals surface area contributed by atoms with Gasteiger partial charge in [-0.15, -0.1) is 0 Å². The summed E-state index contributed by atoms with van der Waals surface area (Å²) in [6.45, 7) is 6.95. The Kier molecular flexibility index (Phi) is 9.04. The van der Waals surface area contributed by atoms with E-state index < -0.39 is 18.4 Å². The van der Waals surface area contributed by atoms with Gasteiger partial charge in [0.25, 0.3) is 0 Å². The van der Waals surface area contributed by atoms with Crippen molar-refractivity contribution in [1.29, 1.82) is 0 Å². The zero-order chi connectivity index (χ0) is 21.2. The summed E-state index contributed by atoms with van der Waals surface area (Å²) in [6.07, 6.45) is 7.71. The molecule has 0 saturated carbocycles. The van der Waals surface area contributed by atoms with E-state index in [2.05, 4.69) is 81.4 Å². The van der Waals surface area contributed by atoms with E-state index in [1.807, 2.05) is 0 Å². The third-order valence-electron chi connectivity index (χ3n) is 6.19. The van der Waals surface area contributed by atoms with Crippen LogP contribution < -0.4 is 3.91 Å². The summed E-state index contributed by atoms with van der Waals surface area (Å²) in [5, 5.41) is 0. The number of benzene rings is 2. The molecule has 0 spiro atoms. The van der Waals surface area contributed by atoms with Gasteiger partial charge in [0.05, 0.1) is 0 Å². The summed E-state index contributed by atoms with van der Waals surface area (Å²) < 4.78 is 12.1. The molecule has 0 radical (unpaired) electrons. The molecular weight excluding hydrogens is 473 g/mol. The molecule has 1 heterocycles. The molecule has 160 valence electrons. The van der Waals surface area contributed by atoms with E-state index in [0.717, 1.165) is 26.5 Å². The van der Waals surface area contributed by atoms with E-state index in [4.69, 9.17) is 9.40 Å². The quantitative estimate of drug-likeness (QED) is 0.231. The number of unbranched alkanes of at least 4 members (excludes halogenated alkanes) is 3.